The van der Waals surface area contributed by atoms with Crippen molar-refractivity contribution >= 4 is 16.1 Å². The zero-order valence-corrected chi connectivity index (χ0v) is 8.52. The summed E-state index contributed by atoms with van der Waals surface area (Å²) in [5.74, 6) is -1.28. The number of carboxylic acid groups (broad SMARTS) is 1. The Balaban J connectivity index is 3.08. The van der Waals surface area contributed by atoms with Crippen molar-refractivity contribution in [2.24, 2.45) is 0 Å². The number of carboxylic acids is 1. The van der Waals surface area contributed by atoms with Gasteiger partial charge in [-0.2, -0.15) is 8.42 Å². The van der Waals surface area contributed by atoms with Gasteiger partial charge in [0.25, 0.3) is 10.1 Å². The van der Waals surface area contributed by atoms with E-state index in [1.165, 1.54) is 12.1 Å². The molecule has 0 aliphatic carbocycles. The molecule has 0 aliphatic heterocycles. The van der Waals surface area contributed by atoms with E-state index in [-0.39, 0.29) is 5.56 Å². The topological polar surface area (TPSA) is 91.7 Å². The van der Waals surface area contributed by atoms with Crippen molar-refractivity contribution in [1.29, 1.82) is 0 Å². The first kappa shape index (κ1) is 11.7. The lowest BCUT2D eigenvalue weighted by Gasteiger charge is -2.11. The van der Waals surface area contributed by atoms with Gasteiger partial charge in [0.2, 0.25) is 0 Å². The summed E-state index contributed by atoms with van der Waals surface area (Å²) in [4.78, 5) is 10.5. The fraction of sp³-hybridized carbons (Fsp3) is 0.222. The van der Waals surface area contributed by atoms with E-state index < -0.39 is 27.8 Å². The predicted molar refractivity (Wildman–Crippen MR) is 53.0 cm³/mol. The summed E-state index contributed by atoms with van der Waals surface area (Å²) >= 11 is 0. The Hall–Kier alpha value is -1.40. The second-order valence-electron chi connectivity index (χ2n) is 3.01. The minimum Gasteiger partial charge on any atom is -0.481 e. The average Bonchev–Trinajstić information content (AvgIpc) is 2.14. The van der Waals surface area contributed by atoms with Gasteiger partial charge in [-0.3, -0.25) is 9.35 Å². The number of rotatable bonds is 4. The van der Waals surface area contributed by atoms with Crippen LogP contribution in [0.4, 0.5) is 0 Å². The summed E-state index contributed by atoms with van der Waals surface area (Å²) in [6.07, 6.45) is -0.650. The monoisotopic (exact) mass is 230 g/mol. The first-order valence-electron chi connectivity index (χ1n) is 4.14. The van der Waals surface area contributed by atoms with Crippen LogP contribution in [0.25, 0.3) is 0 Å². The van der Waals surface area contributed by atoms with E-state index in [0.29, 0.717) is 0 Å². The molecule has 0 saturated heterocycles. The molecular formula is C9H10O5S. The lowest BCUT2D eigenvalue weighted by Crippen LogP contribution is -2.16. The average molecular weight is 230 g/mol. The minimum atomic E-state index is -4.39. The third-order valence-electron chi connectivity index (χ3n) is 1.89. The highest BCUT2D eigenvalue weighted by atomic mass is 32.2. The molecule has 0 saturated carbocycles. The number of aliphatic carboxylic acids is 1. The smallest absolute Gasteiger partial charge is 0.305 e. The van der Waals surface area contributed by atoms with Crippen LogP contribution in [0, 0.1) is 0 Å². The van der Waals surface area contributed by atoms with Gasteiger partial charge in [-0.25, -0.2) is 0 Å². The van der Waals surface area contributed by atoms with Gasteiger partial charge in [0.15, 0.2) is 0 Å². The molecule has 0 fully saturated rings. The molecule has 0 bridgehead atoms. The molecule has 1 unspecified atom stereocenters. The van der Waals surface area contributed by atoms with Gasteiger partial charge < -0.3 is 5.11 Å². The molecule has 1 aromatic rings. The Morgan fingerprint density at radius 1 is 1.27 bits per heavy atom. The van der Waals surface area contributed by atoms with Crippen molar-refractivity contribution in [2.45, 2.75) is 11.7 Å². The van der Waals surface area contributed by atoms with Crippen LogP contribution in [0.5, 0.6) is 0 Å². The molecular weight excluding hydrogens is 220 g/mol. The molecule has 0 aliphatic rings. The highest BCUT2D eigenvalue weighted by Gasteiger charge is 2.27. The molecule has 0 heterocycles. The molecule has 0 amide bonds. The third-order valence-corrected chi connectivity index (χ3v) is 3.05. The van der Waals surface area contributed by atoms with Gasteiger partial charge in [-0.1, -0.05) is 30.3 Å². The van der Waals surface area contributed by atoms with E-state index in [1.807, 2.05) is 0 Å². The first-order chi connectivity index (χ1) is 6.91. The molecule has 2 N–H and O–H groups in total. The van der Waals surface area contributed by atoms with Crippen LogP contribution in [-0.4, -0.2) is 24.0 Å². The van der Waals surface area contributed by atoms with Crippen LogP contribution in [0.3, 0.4) is 0 Å². The van der Waals surface area contributed by atoms with E-state index >= 15 is 0 Å². The van der Waals surface area contributed by atoms with Gasteiger partial charge in [0.1, 0.15) is 5.25 Å². The number of hydrogen-bond donors (Lipinski definition) is 2. The maximum Gasteiger partial charge on any atom is 0.305 e. The molecule has 6 heteroatoms. The fourth-order valence-electron chi connectivity index (χ4n) is 1.22. The molecule has 0 aromatic heterocycles. The van der Waals surface area contributed by atoms with Crippen molar-refractivity contribution in [3.63, 3.8) is 0 Å². The summed E-state index contributed by atoms with van der Waals surface area (Å²) in [6.45, 7) is 0. The second-order valence-corrected chi connectivity index (χ2v) is 4.61. The maximum atomic E-state index is 11.0. The third kappa shape index (κ3) is 3.34. The molecule has 0 spiro atoms. The van der Waals surface area contributed by atoms with Crippen molar-refractivity contribution in [1.82, 2.24) is 0 Å². The standard InChI is InChI=1S/C9H10O5S/c10-9(11)6-8(15(12,13)14)7-4-2-1-3-5-7/h1-5,8H,6H2,(H,10,11)(H,12,13,14). The summed E-state index contributed by atoms with van der Waals surface area (Å²) in [5.41, 5.74) is 0.266. The molecule has 82 valence electrons. The zero-order valence-electron chi connectivity index (χ0n) is 7.70. The van der Waals surface area contributed by atoms with Crippen molar-refractivity contribution < 1.29 is 22.9 Å². The van der Waals surface area contributed by atoms with Crippen LogP contribution in [0.2, 0.25) is 0 Å². The van der Waals surface area contributed by atoms with Gasteiger partial charge in [0, 0.05) is 0 Å². The van der Waals surface area contributed by atoms with Gasteiger partial charge in [-0.05, 0) is 5.56 Å². The molecule has 0 radical (unpaired) electrons. The van der Waals surface area contributed by atoms with E-state index in [4.69, 9.17) is 9.66 Å². The summed E-state index contributed by atoms with van der Waals surface area (Å²) < 4.78 is 30.8. The Bertz CT molecular complexity index is 437. The lowest BCUT2D eigenvalue weighted by atomic mass is 10.1. The minimum absolute atomic E-state index is 0.266. The SMILES string of the molecule is O=C(O)CC(c1ccccc1)S(=O)(=O)O. The van der Waals surface area contributed by atoms with Crippen LogP contribution in [0.15, 0.2) is 30.3 Å². The van der Waals surface area contributed by atoms with Crippen molar-refractivity contribution in [2.75, 3.05) is 0 Å². The summed E-state index contributed by atoms with van der Waals surface area (Å²) in [5, 5.41) is 7.13. The van der Waals surface area contributed by atoms with E-state index in [2.05, 4.69) is 0 Å². The number of benzene rings is 1. The van der Waals surface area contributed by atoms with Crippen LogP contribution in [-0.2, 0) is 14.9 Å². The highest BCUT2D eigenvalue weighted by Crippen LogP contribution is 2.24. The largest absolute Gasteiger partial charge is 0.481 e. The van der Waals surface area contributed by atoms with Crippen LogP contribution < -0.4 is 0 Å². The lowest BCUT2D eigenvalue weighted by molar-refractivity contribution is -0.137. The molecule has 1 aromatic carbocycles. The number of carbonyl (C=O) groups is 1. The highest BCUT2D eigenvalue weighted by molar-refractivity contribution is 7.86. The Morgan fingerprint density at radius 3 is 2.20 bits per heavy atom. The van der Waals surface area contributed by atoms with E-state index in [0.717, 1.165) is 0 Å². The van der Waals surface area contributed by atoms with Gasteiger partial charge in [-0.15, -0.1) is 0 Å². The van der Waals surface area contributed by atoms with Crippen LogP contribution >= 0.6 is 0 Å². The first-order valence-corrected chi connectivity index (χ1v) is 5.64. The fourth-order valence-corrected chi connectivity index (χ4v) is 2.08. The second kappa shape index (κ2) is 4.41. The summed E-state index contributed by atoms with van der Waals surface area (Å²) in [7, 11) is -4.39. The molecule has 5 nitrogen and oxygen atoms in total. The predicted octanol–water partition coefficient (Wildman–Crippen LogP) is 1.09. The molecule has 1 atom stereocenters. The van der Waals surface area contributed by atoms with Crippen molar-refractivity contribution in [3.8, 4) is 0 Å². The van der Waals surface area contributed by atoms with Gasteiger partial charge >= 0.3 is 5.97 Å². The Morgan fingerprint density at radius 2 is 1.80 bits per heavy atom. The zero-order chi connectivity index (χ0) is 11.5. The van der Waals surface area contributed by atoms with Crippen LogP contribution in [0.1, 0.15) is 17.2 Å². The maximum absolute atomic E-state index is 11.0. The number of hydrogen-bond acceptors (Lipinski definition) is 3. The Labute approximate surface area is 87.1 Å². The van der Waals surface area contributed by atoms with Gasteiger partial charge in [0.05, 0.1) is 6.42 Å². The quantitative estimate of drug-likeness (QED) is 0.755. The summed E-state index contributed by atoms with van der Waals surface area (Å²) in [6, 6.07) is 7.75. The van der Waals surface area contributed by atoms with E-state index in [1.54, 1.807) is 18.2 Å². The Kier molecular flexibility index (Phi) is 3.43. The molecule has 1 rings (SSSR count). The normalized spacial score (nSPS) is 13.4. The van der Waals surface area contributed by atoms with Crippen molar-refractivity contribution in [3.05, 3.63) is 35.9 Å². The van der Waals surface area contributed by atoms with E-state index in [9.17, 15) is 13.2 Å². The molecule has 15 heavy (non-hydrogen) atoms.